The van der Waals surface area contributed by atoms with E-state index in [0.29, 0.717) is 11.5 Å². The van der Waals surface area contributed by atoms with Crippen LogP contribution in [0.4, 0.5) is 0 Å². The fourth-order valence-electron chi connectivity index (χ4n) is 1.42. The van der Waals surface area contributed by atoms with Gasteiger partial charge in [-0.25, -0.2) is 4.84 Å². The van der Waals surface area contributed by atoms with Crippen molar-refractivity contribution in [2.24, 2.45) is 0 Å². The van der Waals surface area contributed by atoms with Crippen LogP contribution in [0, 0.1) is 4.91 Å². The van der Waals surface area contributed by atoms with Crippen molar-refractivity contribution in [1.82, 2.24) is 0 Å². The van der Waals surface area contributed by atoms with Crippen molar-refractivity contribution in [1.29, 1.82) is 0 Å². The quantitative estimate of drug-likeness (QED) is 0.756. The highest BCUT2D eigenvalue weighted by Gasteiger charge is 2.00. The van der Waals surface area contributed by atoms with Gasteiger partial charge in [-0.1, -0.05) is 12.1 Å². The molecule has 0 atom stereocenters. The minimum absolute atomic E-state index is 0.390. The number of benzene rings is 1. The summed E-state index contributed by atoms with van der Waals surface area (Å²) in [6, 6.07) is 9.53. The molecule has 98 valence electrons. The zero-order valence-corrected chi connectivity index (χ0v) is 11.3. The molecule has 2 aromatic rings. The van der Waals surface area contributed by atoms with Gasteiger partial charge in [0.25, 0.3) is 11.1 Å². The van der Waals surface area contributed by atoms with E-state index in [0.717, 1.165) is 16.9 Å². The van der Waals surface area contributed by atoms with Crippen LogP contribution in [-0.4, -0.2) is 12.0 Å². The first-order valence-corrected chi connectivity index (χ1v) is 6.65. The molecule has 0 fully saturated rings. The monoisotopic (exact) mass is 276 g/mol. The topological polar surface area (TPSA) is 38.5 Å². The van der Waals surface area contributed by atoms with Crippen molar-refractivity contribution in [3.63, 3.8) is 0 Å². The average molecular weight is 276 g/mol. The van der Waals surface area contributed by atoms with Gasteiger partial charge in [0.15, 0.2) is 7.11 Å². The van der Waals surface area contributed by atoms with Gasteiger partial charge in [-0.2, -0.15) is 11.3 Å². The van der Waals surface area contributed by atoms with Gasteiger partial charge in [0.05, 0.1) is 4.91 Å². The molecule has 4 nitrogen and oxygen atoms in total. The second kappa shape index (κ2) is 6.70. The van der Waals surface area contributed by atoms with Gasteiger partial charge in [0.2, 0.25) is 0 Å². The normalized spacial score (nSPS) is 10.6. The Morgan fingerprint density at radius 1 is 1.26 bits per heavy atom. The first-order chi connectivity index (χ1) is 9.28. The molecule has 5 heteroatoms. The molecule has 19 heavy (non-hydrogen) atoms. The average Bonchev–Trinajstić information content (AvgIpc) is 2.97. The first kappa shape index (κ1) is 13.3. The summed E-state index contributed by atoms with van der Waals surface area (Å²) in [4.78, 5) is 15.7. The Kier molecular flexibility index (Phi) is 4.69. The van der Waals surface area contributed by atoms with Crippen molar-refractivity contribution >= 4 is 17.4 Å². The number of rotatable bonds is 6. The van der Waals surface area contributed by atoms with Gasteiger partial charge in [-0.15, -0.1) is 0 Å². The maximum absolute atomic E-state index is 10.9. The fourth-order valence-corrected chi connectivity index (χ4v) is 2.08. The zero-order chi connectivity index (χ0) is 13.5. The van der Waals surface area contributed by atoms with E-state index in [9.17, 15) is 4.91 Å². The van der Waals surface area contributed by atoms with Crippen molar-refractivity contribution in [2.75, 3.05) is 7.11 Å². The van der Waals surface area contributed by atoms with E-state index in [-0.39, 0.29) is 0 Å². The third-order valence-corrected chi connectivity index (χ3v) is 3.17. The largest absolute Gasteiger partial charge is 0.489 e. The van der Waals surface area contributed by atoms with Crippen molar-refractivity contribution in [3.05, 3.63) is 63.3 Å². The number of ether oxygens (including phenoxy) is 1. The number of hydrogen-bond donors (Lipinski definition) is 0. The molecular weight excluding hydrogens is 262 g/mol. The summed E-state index contributed by atoms with van der Waals surface area (Å²) in [5.41, 5.74) is 2.07. The van der Waals surface area contributed by atoms with Crippen LogP contribution < -0.4 is 4.74 Å². The number of nitrogens with zero attached hydrogens (tertiary/aromatic N) is 1. The highest BCUT2D eigenvalue weighted by molar-refractivity contribution is 7.07. The van der Waals surface area contributed by atoms with Gasteiger partial charge in [0, 0.05) is 6.08 Å². The molecule has 1 aromatic carbocycles. The van der Waals surface area contributed by atoms with Gasteiger partial charge in [0.1, 0.15) is 12.4 Å². The van der Waals surface area contributed by atoms with Crippen LogP contribution in [0.1, 0.15) is 11.1 Å². The Hall–Kier alpha value is -2.14. The number of hydrogen-bond acceptors (Lipinski definition) is 4. The zero-order valence-electron chi connectivity index (χ0n) is 10.5. The third-order valence-electron chi connectivity index (χ3n) is 2.43. The van der Waals surface area contributed by atoms with Gasteiger partial charge < -0.3 is 4.74 Å². The maximum atomic E-state index is 10.9. The standard InChI is InChI=1S/C14H14NO3S/c1-17-15(16)8-6-12-2-4-14(5-3-12)18-10-13-7-9-19-11-13/h2-9,11H,10H2,1H3/q+1/b8-6+. The minimum atomic E-state index is 0.390. The summed E-state index contributed by atoms with van der Waals surface area (Å²) in [7, 11) is 1.32. The molecule has 0 saturated carbocycles. The molecule has 0 amide bonds. The molecule has 0 radical (unpaired) electrons. The molecule has 1 heterocycles. The highest BCUT2D eigenvalue weighted by atomic mass is 32.1. The van der Waals surface area contributed by atoms with Gasteiger partial charge in [-0.3, -0.25) is 0 Å². The second-order valence-corrected chi connectivity index (χ2v) is 4.55. The Morgan fingerprint density at radius 2 is 2.05 bits per heavy atom. The lowest BCUT2D eigenvalue weighted by Crippen LogP contribution is -1.95. The SMILES string of the molecule is CO[N+](=O)/C=C/c1ccc(OCc2ccsc2)cc1. The Balaban J connectivity index is 1.91. The third kappa shape index (κ3) is 4.22. The summed E-state index contributed by atoms with van der Waals surface area (Å²) in [5.74, 6) is 0.800. The molecule has 0 aliphatic rings. The first-order valence-electron chi connectivity index (χ1n) is 5.70. The van der Waals surface area contributed by atoms with Crippen LogP contribution in [-0.2, 0) is 11.4 Å². The van der Waals surface area contributed by atoms with E-state index in [4.69, 9.17) is 4.74 Å². The Labute approximate surface area is 115 Å². The molecule has 0 aliphatic heterocycles. The predicted octanol–water partition coefficient (Wildman–Crippen LogP) is 3.64. The molecule has 2 rings (SSSR count). The lowest BCUT2D eigenvalue weighted by Gasteiger charge is -2.04. The van der Waals surface area contributed by atoms with E-state index < -0.39 is 0 Å². The van der Waals surface area contributed by atoms with Crippen LogP contribution in [0.25, 0.3) is 6.08 Å². The van der Waals surface area contributed by atoms with Crippen molar-refractivity contribution < 1.29 is 14.5 Å². The Morgan fingerprint density at radius 3 is 2.68 bits per heavy atom. The summed E-state index contributed by atoms with van der Waals surface area (Å²) >= 11 is 1.65. The van der Waals surface area contributed by atoms with E-state index in [1.54, 1.807) is 17.4 Å². The molecular formula is C14H14NO3S+. The van der Waals surface area contributed by atoms with Crippen molar-refractivity contribution in [2.45, 2.75) is 6.61 Å². The molecule has 0 bridgehead atoms. The summed E-state index contributed by atoms with van der Waals surface area (Å²) < 4.78 is 5.64. The minimum Gasteiger partial charge on any atom is -0.489 e. The van der Waals surface area contributed by atoms with Crippen LogP contribution in [0.15, 0.2) is 47.3 Å². The lowest BCUT2D eigenvalue weighted by molar-refractivity contribution is -0.747. The van der Waals surface area contributed by atoms with Crippen LogP contribution >= 0.6 is 11.3 Å². The van der Waals surface area contributed by atoms with E-state index in [1.807, 2.05) is 35.7 Å². The van der Waals surface area contributed by atoms with E-state index >= 15 is 0 Å². The number of thiophene rings is 1. The van der Waals surface area contributed by atoms with Crippen LogP contribution in [0.5, 0.6) is 5.75 Å². The predicted molar refractivity (Wildman–Crippen MR) is 74.8 cm³/mol. The summed E-state index contributed by atoms with van der Waals surface area (Å²) in [6.07, 6.45) is 2.97. The maximum Gasteiger partial charge on any atom is 0.282 e. The lowest BCUT2D eigenvalue weighted by atomic mass is 10.2. The second-order valence-electron chi connectivity index (χ2n) is 3.77. The molecule has 0 unspecified atom stereocenters. The molecule has 0 saturated heterocycles. The smallest absolute Gasteiger partial charge is 0.282 e. The molecule has 1 aromatic heterocycles. The molecule has 0 N–H and O–H groups in total. The molecule has 0 spiro atoms. The van der Waals surface area contributed by atoms with Gasteiger partial charge >= 0.3 is 0 Å². The van der Waals surface area contributed by atoms with E-state index in [2.05, 4.69) is 10.2 Å². The van der Waals surface area contributed by atoms with E-state index in [1.165, 1.54) is 13.3 Å². The Bertz CT molecular complexity index is 547. The summed E-state index contributed by atoms with van der Waals surface area (Å²) in [6.45, 7) is 0.566. The van der Waals surface area contributed by atoms with Crippen LogP contribution in [0.3, 0.4) is 0 Å². The highest BCUT2D eigenvalue weighted by Crippen LogP contribution is 2.16. The van der Waals surface area contributed by atoms with Crippen LogP contribution in [0.2, 0.25) is 0 Å². The fraction of sp³-hybridized carbons (Fsp3) is 0.143. The van der Waals surface area contributed by atoms with Crippen molar-refractivity contribution in [3.8, 4) is 5.75 Å². The molecule has 0 aliphatic carbocycles. The van der Waals surface area contributed by atoms with Gasteiger partial charge in [-0.05, 0) is 40.1 Å². The summed E-state index contributed by atoms with van der Waals surface area (Å²) in [5, 5.41) is 4.09.